The fourth-order valence-corrected chi connectivity index (χ4v) is 4.43. The molecule has 2 aromatic carbocycles. The van der Waals surface area contributed by atoms with E-state index in [2.05, 4.69) is 84.3 Å². The van der Waals surface area contributed by atoms with Gasteiger partial charge in [-0.25, -0.2) is 10.9 Å². The van der Waals surface area contributed by atoms with Crippen LogP contribution in [-0.2, 0) is 5.41 Å². The van der Waals surface area contributed by atoms with E-state index in [0.717, 1.165) is 37.9 Å². The zero-order chi connectivity index (χ0) is 21.1. The lowest BCUT2D eigenvalue weighted by atomic mass is 9.86. The molecule has 0 aromatic heterocycles. The van der Waals surface area contributed by atoms with Crippen LogP contribution in [0.2, 0.25) is 0 Å². The number of nitrogens with one attached hydrogen (secondary N) is 3. The molecule has 2 unspecified atom stereocenters. The lowest BCUT2D eigenvalue weighted by Gasteiger charge is -2.35. The number of benzene rings is 2. The molecule has 0 spiro atoms. The molecule has 2 aromatic rings. The van der Waals surface area contributed by atoms with Crippen LogP contribution in [-0.4, -0.2) is 36.1 Å². The molecule has 2 aliphatic rings. The molecule has 0 radical (unpaired) electrons. The maximum atomic E-state index is 12.7. The first-order valence-electron chi connectivity index (χ1n) is 11.1. The molecule has 3 N–H and O–H groups in total. The van der Waals surface area contributed by atoms with Crippen molar-refractivity contribution >= 4 is 5.91 Å². The molecule has 2 saturated heterocycles. The molecular formula is C25H34N4O. The normalized spacial score (nSPS) is 23.4. The highest BCUT2D eigenvalue weighted by Crippen LogP contribution is 2.26. The SMILES string of the molecule is CC(C)(C)c1ccc(C(=O)NC2CCN(C3CC(c4ccccc4)NN3)CC2)cc1. The van der Waals surface area contributed by atoms with Crippen molar-refractivity contribution in [2.45, 2.75) is 63.7 Å². The molecule has 0 aliphatic carbocycles. The van der Waals surface area contributed by atoms with Gasteiger partial charge in [0.1, 0.15) is 0 Å². The fourth-order valence-electron chi connectivity index (χ4n) is 4.43. The Kier molecular flexibility index (Phi) is 6.23. The molecule has 1 amide bonds. The van der Waals surface area contributed by atoms with Gasteiger partial charge in [0.05, 0.1) is 6.17 Å². The minimum absolute atomic E-state index is 0.0405. The maximum absolute atomic E-state index is 12.7. The van der Waals surface area contributed by atoms with E-state index in [-0.39, 0.29) is 17.4 Å². The van der Waals surface area contributed by atoms with Crippen LogP contribution in [0.25, 0.3) is 0 Å². The quantitative estimate of drug-likeness (QED) is 0.724. The predicted molar refractivity (Wildman–Crippen MR) is 121 cm³/mol. The third-order valence-corrected chi connectivity index (χ3v) is 6.40. The monoisotopic (exact) mass is 406 g/mol. The van der Waals surface area contributed by atoms with Gasteiger partial charge in [-0.15, -0.1) is 0 Å². The maximum Gasteiger partial charge on any atom is 0.251 e. The highest BCUT2D eigenvalue weighted by atomic mass is 16.1. The topological polar surface area (TPSA) is 56.4 Å². The molecule has 2 heterocycles. The number of hydrazine groups is 1. The molecule has 4 rings (SSSR count). The Morgan fingerprint density at radius 3 is 2.27 bits per heavy atom. The Labute approximate surface area is 180 Å². The zero-order valence-electron chi connectivity index (χ0n) is 18.3. The summed E-state index contributed by atoms with van der Waals surface area (Å²) in [6.45, 7) is 8.55. The second-order valence-corrected chi connectivity index (χ2v) is 9.61. The van der Waals surface area contributed by atoms with Crippen molar-refractivity contribution in [2.75, 3.05) is 13.1 Å². The number of piperidine rings is 1. The van der Waals surface area contributed by atoms with Crippen molar-refractivity contribution < 1.29 is 4.79 Å². The Hall–Kier alpha value is -2.21. The van der Waals surface area contributed by atoms with Crippen LogP contribution in [0.1, 0.15) is 67.6 Å². The molecule has 5 heteroatoms. The number of hydrogen-bond acceptors (Lipinski definition) is 4. The van der Waals surface area contributed by atoms with Gasteiger partial charge in [0.2, 0.25) is 0 Å². The molecule has 2 fully saturated rings. The minimum atomic E-state index is 0.0405. The Bertz CT molecular complexity index is 836. The molecule has 5 nitrogen and oxygen atoms in total. The van der Waals surface area contributed by atoms with E-state index < -0.39 is 0 Å². The second kappa shape index (κ2) is 8.88. The standard InChI is InChI=1S/C25H34N4O/c1-25(2,3)20-11-9-19(10-12-20)24(30)26-21-13-15-29(16-14-21)23-17-22(27-28-23)18-7-5-4-6-8-18/h4-12,21-23,27-28H,13-17H2,1-3H3,(H,26,30). The number of rotatable bonds is 4. The van der Waals surface area contributed by atoms with Crippen LogP contribution in [0.4, 0.5) is 0 Å². The van der Waals surface area contributed by atoms with E-state index in [1.54, 1.807) is 0 Å². The predicted octanol–water partition coefficient (Wildman–Crippen LogP) is 3.74. The summed E-state index contributed by atoms with van der Waals surface area (Å²) >= 11 is 0. The van der Waals surface area contributed by atoms with E-state index >= 15 is 0 Å². The van der Waals surface area contributed by atoms with Crippen LogP contribution in [0, 0.1) is 0 Å². The number of carbonyl (C=O) groups excluding carboxylic acids is 1. The van der Waals surface area contributed by atoms with Crippen molar-refractivity contribution in [3.63, 3.8) is 0 Å². The second-order valence-electron chi connectivity index (χ2n) is 9.61. The molecule has 2 aliphatic heterocycles. The van der Waals surface area contributed by atoms with E-state index in [4.69, 9.17) is 0 Å². The molecule has 2 atom stereocenters. The Balaban J connectivity index is 1.25. The zero-order valence-corrected chi connectivity index (χ0v) is 18.3. The first kappa shape index (κ1) is 21.0. The van der Waals surface area contributed by atoms with Crippen molar-refractivity contribution in [1.29, 1.82) is 0 Å². The van der Waals surface area contributed by atoms with Crippen molar-refractivity contribution in [1.82, 2.24) is 21.1 Å². The first-order valence-corrected chi connectivity index (χ1v) is 11.1. The van der Waals surface area contributed by atoms with Gasteiger partial charge in [-0.05, 0) is 47.9 Å². The van der Waals surface area contributed by atoms with Crippen LogP contribution >= 0.6 is 0 Å². The highest BCUT2D eigenvalue weighted by Gasteiger charge is 2.32. The van der Waals surface area contributed by atoms with Gasteiger partial charge in [0.25, 0.3) is 5.91 Å². The average Bonchev–Trinajstić information content (AvgIpc) is 3.25. The first-order chi connectivity index (χ1) is 14.4. The van der Waals surface area contributed by atoms with Crippen LogP contribution in [0.3, 0.4) is 0 Å². The number of nitrogens with zero attached hydrogens (tertiary/aromatic N) is 1. The van der Waals surface area contributed by atoms with E-state index in [1.807, 2.05) is 12.1 Å². The van der Waals surface area contributed by atoms with E-state index in [0.29, 0.717) is 12.2 Å². The number of hydrogen-bond donors (Lipinski definition) is 3. The van der Waals surface area contributed by atoms with Crippen LogP contribution in [0.5, 0.6) is 0 Å². The molecule has 30 heavy (non-hydrogen) atoms. The smallest absolute Gasteiger partial charge is 0.251 e. The van der Waals surface area contributed by atoms with E-state index in [9.17, 15) is 4.79 Å². The summed E-state index contributed by atoms with van der Waals surface area (Å²) in [6, 6.07) is 19.2. The van der Waals surface area contributed by atoms with Crippen LogP contribution in [0.15, 0.2) is 54.6 Å². The Morgan fingerprint density at radius 2 is 1.63 bits per heavy atom. The average molecular weight is 407 g/mol. The molecule has 0 bridgehead atoms. The third-order valence-electron chi connectivity index (χ3n) is 6.40. The van der Waals surface area contributed by atoms with Gasteiger partial charge in [0, 0.05) is 30.7 Å². The minimum Gasteiger partial charge on any atom is -0.349 e. The molecule has 0 saturated carbocycles. The third kappa shape index (κ3) is 4.91. The summed E-state index contributed by atoms with van der Waals surface area (Å²) in [7, 11) is 0. The fraction of sp³-hybridized carbons (Fsp3) is 0.480. The lowest BCUT2D eigenvalue weighted by Crippen LogP contribution is -2.51. The van der Waals surface area contributed by atoms with Gasteiger partial charge < -0.3 is 5.32 Å². The molecular weight excluding hydrogens is 372 g/mol. The van der Waals surface area contributed by atoms with Gasteiger partial charge in [-0.3, -0.25) is 9.69 Å². The van der Waals surface area contributed by atoms with Gasteiger partial charge in [0.15, 0.2) is 0 Å². The van der Waals surface area contributed by atoms with Gasteiger partial charge in [-0.2, -0.15) is 0 Å². The van der Waals surface area contributed by atoms with Crippen molar-refractivity contribution in [3.05, 3.63) is 71.3 Å². The van der Waals surface area contributed by atoms with Gasteiger partial charge in [-0.1, -0.05) is 63.2 Å². The summed E-state index contributed by atoms with van der Waals surface area (Å²) in [5.74, 6) is 0.0405. The van der Waals surface area contributed by atoms with Crippen molar-refractivity contribution in [2.24, 2.45) is 0 Å². The number of amides is 1. The molecule has 160 valence electrons. The summed E-state index contributed by atoms with van der Waals surface area (Å²) in [5.41, 5.74) is 10.3. The largest absolute Gasteiger partial charge is 0.349 e. The summed E-state index contributed by atoms with van der Waals surface area (Å²) < 4.78 is 0. The summed E-state index contributed by atoms with van der Waals surface area (Å²) in [6.07, 6.45) is 3.37. The summed E-state index contributed by atoms with van der Waals surface area (Å²) in [4.78, 5) is 15.2. The van der Waals surface area contributed by atoms with Crippen molar-refractivity contribution in [3.8, 4) is 0 Å². The van der Waals surface area contributed by atoms with E-state index in [1.165, 1.54) is 11.1 Å². The van der Waals surface area contributed by atoms with Crippen LogP contribution < -0.4 is 16.2 Å². The number of likely N-dealkylation sites (tertiary alicyclic amines) is 1. The Morgan fingerprint density at radius 1 is 0.967 bits per heavy atom. The van der Waals surface area contributed by atoms with Gasteiger partial charge >= 0.3 is 0 Å². The highest BCUT2D eigenvalue weighted by molar-refractivity contribution is 5.94. The number of carbonyl (C=O) groups is 1. The summed E-state index contributed by atoms with van der Waals surface area (Å²) in [5, 5.41) is 3.24. The lowest BCUT2D eigenvalue weighted by molar-refractivity contribution is 0.0880.